The molecule has 3 aromatic carbocycles. The summed E-state index contributed by atoms with van der Waals surface area (Å²) in [5, 5.41) is 6.73. The van der Waals surface area contributed by atoms with Gasteiger partial charge in [-0.05, 0) is 85.7 Å². The van der Waals surface area contributed by atoms with Crippen molar-refractivity contribution < 1.29 is 15.0 Å². The van der Waals surface area contributed by atoms with Gasteiger partial charge in [0.25, 0.3) is 0 Å². The molecule has 1 aliphatic rings. The Morgan fingerprint density at radius 2 is 1.38 bits per heavy atom. The van der Waals surface area contributed by atoms with Gasteiger partial charge in [-0.25, -0.2) is 13.6 Å². The van der Waals surface area contributed by atoms with Crippen LogP contribution in [0.3, 0.4) is 0 Å². The molecule has 4 aromatic rings. The van der Waals surface area contributed by atoms with E-state index in [1.54, 1.807) is 24.3 Å². The highest BCUT2D eigenvalue weighted by Gasteiger charge is 2.18. The summed E-state index contributed by atoms with van der Waals surface area (Å²) in [6, 6.07) is 22.3. The van der Waals surface area contributed by atoms with Crippen LogP contribution in [0.2, 0.25) is 0 Å². The molecule has 1 fully saturated rings. The lowest BCUT2D eigenvalue weighted by molar-refractivity contribution is 0.235. The predicted molar refractivity (Wildman–Crippen MR) is 162 cm³/mol. The molecule has 0 spiro atoms. The first-order valence-corrected chi connectivity index (χ1v) is 14.3. The first-order valence-electron chi connectivity index (χ1n) is 14.3. The van der Waals surface area contributed by atoms with E-state index in [1.165, 1.54) is 55.9 Å². The summed E-state index contributed by atoms with van der Waals surface area (Å²) in [7, 11) is 0. The van der Waals surface area contributed by atoms with Crippen LogP contribution in [0.25, 0.3) is 10.9 Å². The smallest absolute Gasteiger partial charge is 0.315 e. The van der Waals surface area contributed by atoms with Gasteiger partial charge in [0.2, 0.25) is 0 Å². The van der Waals surface area contributed by atoms with Crippen molar-refractivity contribution in [3.63, 3.8) is 0 Å². The highest BCUT2D eigenvalue weighted by Crippen LogP contribution is 2.35. The second kappa shape index (κ2) is 15.7. The number of amides is 2. The van der Waals surface area contributed by atoms with Crippen molar-refractivity contribution in [3.8, 4) is 0 Å². The summed E-state index contributed by atoms with van der Waals surface area (Å²) < 4.78 is 26.2. The third-order valence-corrected chi connectivity index (χ3v) is 7.15. The Labute approximate surface area is 238 Å². The van der Waals surface area contributed by atoms with Crippen LogP contribution in [-0.2, 0) is 0 Å². The summed E-state index contributed by atoms with van der Waals surface area (Å²) in [5.74, 6) is 0.145. The first kappa shape index (κ1) is 30.7. The van der Waals surface area contributed by atoms with Gasteiger partial charge >= 0.3 is 6.03 Å². The average molecular weight is 548 g/mol. The molecule has 0 bridgehead atoms. The first-order chi connectivity index (χ1) is 19.4. The zero-order valence-corrected chi connectivity index (χ0v) is 24.0. The minimum absolute atomic E-state index is 0. The van der Waals surface area contributed by atoms with Gasteiger partial charge in [-0.2, -0.15) is 0 Å². The van der Waals surface area contributed by atoms with Crippen molar-refractivity contribution in [2.75, 3.05) is 0 Å². The molecule has 0 aliphatic heterocycles. The van der Waals surface area contributed by atoms with Gasteiger partial charge in [-0.15, -0.1) is 0 Å². The Morgan fingerprint density at radius 1 is 0.800 bits per heavy atom. The largest absolute Gasteiger partial charge is 0.332 e. The second-order valence-electron chi connectivity index (χ2n) is 9.92. The van der Waals surface area contributed by atoms with Crippen molar-refractivity contribution in [2.24, 2.45) is 0 Å². The maximum atomic E-state index is 13.4. The Bertz CT molecular complexity index is 1330. The highest BCUT2D eigenvalue weighted by atomic mass is 19.1. The van der Waals surface area contributed by atoms with E-state index in [0.29, 0.717) is 5.92 Å². The summed E-state index contributed by atoms with van der Waals surface area (Å²) in [6.45, 7) is 7.79. The van der Waals surface area contributed by atoms with Crippen LogP contribution in [-0.4, -0.2) is 11.0 Å². The number of aromatic nitrogens is 1. The predicted octanol–water partition coefficient (Wildman–Crippen LogP) is 9.64. The van der Waals surface area contributed by atoms with Crippen LogP contribution in [0.4, 0.5) is 13.6 Å². The number of halogens is 2. The number of hydrogen-bond acceptors (Lipinski definition) is 2. The molecule has 5 rings (SSSR count). The number of hydrogen-bond donors (Lipinski definition) is 2. The number of pyridine rings is 1. The fraction of sp³-hybridized carbons (Fsp3) is 0.353. The van der Waals surface area contributed by atoms with Crippen molar-refractivity contribution in [3.05, 3.63) is 113 Å². The SMILES string of the molecule is CC.C[C@@H](NC(=O)N[C@H](C)c1ccc(F)cc1)c1ccccc1.Fc1ccc2nccc(C3CCCCC3)c2c1.[HH]. The number of urea groups is 1. The fourth-order valence-electron chi connectivity index (χ4n) is 5.00. The maximum absolute atomic E-state index is 13.4. The molecule has 1 heterocycles. The van der Waals surface area contributed by atoms with E-state index in [2.05, 4.69) is 21.7 Å². The number of rotatable bonds is 5. The monoisotopic (exact) mass is 547 g/mol. The Balaban J connectivity index is 0.000000268. The van der Waals surface area contributed by atoms with Gasteiger partial charge in [-0.3, -0.25) is 4.98 Å². The maximum Gasteiger partial charge on any atom is 0.315 e. The quantitative estimate of drug-likeness (QED) is 0.261. The standard InChI is InChI=1S/C17H19FN2O.C15H16FN.C2H6.H2/c1-12(14-6-4-3-5-7-14)19-17(21)20-13(2)15-8-10-16(18)11-9-15;16-12-6-7-15-14(10-12)13(8-9-17-15)11-4-2-1-3-5-11;1-2;/h3-13H,1-2H3,(H2,19,20,21);6-11H,1-5H2;1-2H3;1H/t12-,13-;;;/m1.../s1. The lowest BCUT2D eigenvalue weighted by Gasteiger charge is -2.23. The molecule has 0 radical (unpaired) electrons. The Kier molecular flexibility index (Phi) is 12.1. The van der Waals surface area contributed by atoms with Crippen LogP contribution in [0, 0.1) is 11.6 Å². The zero-order chi connectivity index (χ0) is 28.9. The van der Waals surface area contributed by atoms with Crippen molar-refractivity contribution in [1.82, 2.24) is 15.6 Å². The van der Waals surface area contributed by atoms with Gasteiger partial charge in [0.05, 0.1) is 17.6 Å². The minimum Gasteiger partial charge on any atom is -0.332 e. The van der Waals surface area contributed by atoms with Crippen molar-refractivity contribution in [1.29, 1.82) is 0 Å². The molecule has 40 heavy (non-hydrogen) atoms. The third kappa shape index (κ3) is 8.87. The van der Waals surface area contributed by atoms with Crippen molar-refractivity contribution >= 4 is 16.9 Å². The van der Waals surface area contributed by atoms with Crippen LogP contribution in [0.15, 0.2) is 85.1 Å². The van der Waals surface area contributed by atoms with E-state index in [1.807, 2.05) is 64.2 Å². The van der Waals surface area contributed by atoms with E-state index in [-0.39, 0.29) is 31.2 Å². The molecule has 6 heteroatoms. The van der Waals surface area contributed by atoms with E-state index in [9.17, 15) is 13.6 Å². The minimum atomic E-state index is -0.284. The van der Waals surface area contributed by atoms with Crippen LogP contribution in [0.5, 0.6) is 0 Å². The molecule has 0 unspecified atom stereocenters. The van der Waals surface area contributed by atoms with E-state index in [4.69, 9.17) is 0 Å². The summed E-state index contributed by atoms with van der Waals surface area (Å²) >= 11 is 0. The normalized spacial score (nSPS) is 14.6. The fourth-order valence-corrected chi connectivity index (χ4v) is 5.00. The molecule has 2 N–H and O–H groups in total. The molecule has 0 saturated heterocycles. The molecule has 1 aromatic heterocycles. The lowest BCUT2D eigenvalue weighted by Crippen LogP contribution is -2.38. The van der Waals surface area contributed by atoms with Crippen LogP contribution in [0.1, 0.15) is 95.9 Å². The molecular formula is C34H43F2N3O. The summed E-state index contributed by atoms with van der Waals surface area (Å²) in [4.78, 5) is 16.3. The number of nitrogens with zero attached hydrogens (tertiary/aromatic N) is 1. The second-order valence-corrected chi connectivity index (χ2v) is 9.92. The summed E-state index contributed by atoms with van der Waals surface area (Å²) in [5.41, 5.74) is 4.10. The van der Waals surface area contributed by atoms with Crippen molar-refractivity contribution in [2.45, 2.75) is 77.8 Å². The molecule has 1 aliphatic carbocycles. The summed E-state index contributed by atoms with van der Waals surface area (Å²) in [6.07, 6.45) is 8.25. The van der Waals surface area contributed by atoms with Gasteiger partial charge < -0.3 is 10.6 Å². The Hall–Kier alpha value is -3.80. The molecule has 214 valence electrons. The number of carbonyl (C=O) groups is 1. The molecule has 4 nitrogen and oxygen atoms in total. The number of nitrogens with one attached hydrogen (secondary N) is 2. The Morgan fingerprint density at radius 3 is 2.00 bits per heavy atom. The van der Waals surface area contributed by atoms with Crippen LogP contribution < -0.4 is 10.6 Å². The highest BCUT2D eigenvalue weighted by molar-refractivity contribution is 5.82. The van der Waals surface area contributed by atoms with Gasteiger partial charge in [-0.1, -0.05) is 75.6 Å². The van der Waals surface area contributed by atoms with E-state index < -0.39 is 0 Å². The van der Waals surface area contributed by atoms with Gasteiger partial charge in [0.15, 0.2) is 0 Å². The van der Waals surface area contributed by atoms with Gasteiger partial charge in [0, 0.05) is 13.0 Å². The molecular weight excluding hydrogens is 504 g/mol. The molecule has 2 atom stereocenters. The topological polar surface area (TPSA) is 54.0 Å². The van der Waals surface area contributed by atoms with Gasteiger partial charge in [0.1, 0.15) is 11.6 Å². The third-order valence-electron chi connectivity index (χ3n) is 7.15. The van der Waals surface area contributed by atoms with E-state index >= 15 is 0 Å². The molecule has 1 saturated carbocycles. The van der Waals surface area contributed by atoms with E-state index in [0.717, 1.165) is 22.0 Å². The average Bonchev–Trinajstić information content (AvgIpc) is 2.99. The number of carbonyl (C=O) groups excluding carboxylic acids is 1. The van der Waals surface area contributed by atoms with Crippen LogP contribution >= 0.6 is 0 Å². The zero-order valence-electron chi connectivity index (χ0n) is 24.0. The number of benzene rings is 3. The number of fused-ring (bicyclic) bond motifs is 1. The lowest BCUT2D eigenvalue weighted by atomic mass is 9.83. The molecule has 2 amide bonds.